The summed E-state index contributed by atoms with van der Waals surface area (Å²) >= 11 is 4.96. The number of anilines is 1. The minimum absolute atomic E-state index is 0.216. The summed E-state index contributed by atoms with van der Waals surface area (Å²) in [5.74, 6) is -0.216. The van der Waals surface area contributed by atoms with Gasteiger partial charge in [-0.1, -0.05) is 6.07 Å². The van der Waals surface area contributed by atoms with E-state index < -0.39 is 0 Å². The van der Waals surface area contributed by atoms with Crippen LogP contribution in [0.3, 0.4) is 0 Å². The van der Waals surface area contributed by atoms with Gasteiger partial charge in [-0.05, 0) is 58.4 Å². The summed E-state index contributed by atoms with van der Waals surface area (Å²) in [6.07, 6.45) is 0.992. The van der Waals surface area contributed by atoms with Gasteiger partial charge in [-0.25, -0.2) is 4.39 Å². The molecule has 0 aliphatic carbocycles. The molecule has 1 N–H and O–H groups in total. The Morgan fingerprint density at radius 2 is 2.24 bits per heavy atom. The Kier molecular flexibility index (Phi) is 4.18. The maximum Gasteiger partial charge on any atom is 0.137 e. The molecule has 0 fully saturated rings. The van der Waals surface area contributed by atoms with E-state index in [-0.39, 0.29) is 5.82 Å². The van der Waals surface area contributed by atoms with Crippen molar-refractivity contribution in [3.63, 3.8) is 0 Å². The van der Waals surface area contributed by atoms with E-state index in [9.17, 15) is 4.39 Å². The van der Waals surface area contributed by atoms with Crippen molar-refractivity contribution in [1.82, 2.24) is 0 Å². The number of thiophene rings is 1. The first-order valence-corrected chi connectivity index (χ1v) is 7.06. The third-order valence-electron chi connectivity index (χ3n) is 2.53. The summed E-state index contributed by atoms with van der Waals surface area (Å²) in [7, 11) is 0. The predicted molar refractivity (Wildman–Crippen MR) is 75.3 cm³/mol. The van der Waals surface area contributed by atoms with Crippen LogP contribution in [0.15, 0.2) is 34.1 Å². The summed E-state index contributed by atoms with van der Waals surface area (Å²) in [6.45, 7) is 2.77. The largest absolute Gasteiger partial charge is 0.384 e. The van der Waals surface area contributed by atoms with E-state index in [1.165, 1.54) is 10.9 Å². The van der Waals surface area contributed by atoms with E-state index in [1.807, 2.05) is 6.92 Å². The Bertz CT molecular complexity index is 496. The molecule has 4 heteroatoms. The van der Waals surface area contributed by atoms with Crippen LogP contribution in [-0.4, -0.2) is 6.54 Å². The van der Waals surface area contributed by atoms with Gasteiger partial charge in [0.1, 0.15) is 5.82 Å². The van der Waals surface area contributed by atoms with Gasteiger partial charge in [-0.2, -0.15) is 0 Å². The zero-order valence-corrected chi connectivity index (χ0v) is 11.9. The van der Waals surface area contributed by atoms with Gasteiger partial charge in [0, 0.05) is 17.1 Å². The average Bonchev–Trinajstić information content (AvgIpc) is 2.78. The fourth-order valence-electron chi connectivity index (χ4n) is 1.61. The van der Waals surface area contributed by atoms with Crippen molar-refractivity contribution in [2.75, 3.05) is 11.9 Å². The molecular weight excluding hydrogens is 301 g/mol. The molecule has 0 saturated heterocycles. The third-order valence-corrected chi connectivity index (χ3v) is 4.08. The highest BCUT2D eigenvalue weighted by Gasteiger charge is 2.04. The molecule has 1 aromatic heterocycles. The molecule has 0 aliphatic rings. The van der Waals surface area contributed by atoms with E-state index in [2.05, 4.69) is 38.8 Å². The molecule has 0 unspecified atom stereocenters. The van der Waals surface area contributed by atoms with Gasteiger partial charge in [0.25, 0.3) is 0 Å². The highest BCUT2D eigenvalue weighted by Crippen LogP contribution is 2.24. The first-order chi connectivity index (χ1) is 8.16. The van der Waals surface area contributed by atoms with E-state index in [4.69, 9.17) is 0 Å². The molecule has 1 aromatic carbocycles. The fourth-order valence-corrected chi connectivity index (χ4v) is 2.66. The third kappa shape index (κ3) is 3.30. The zero-order valence-electron chi connectivity index (χ0n) is 9.47. The Hall–Kier alpha value is -0.870. The topological polar surface area (TPSA) is 12.0 Å². The second kappa shape index (κ2) is 5.65. The van der Waals surface area contributed by atoms with Crippen LogP contribution in [0.25, 0.3) is 0 Å². The summed E-state index contributed by atoms with van der Waals surface area (Å²) in [5, 5.41) is 5.41. The van der Waals surface area contributed by atoms with Gasteiger partial charge < -0.3 is 5.32 Å². The Morgan fingerprint density at radius 1 is 1.41 bits per heavy atom. The number of hydrogen-bond donors (Lipinski definition) is 1. The van der Waals surface area contributed by atoms with Crippen molar-refractivity contribution < 1.29 is 4.39 Å². The van der Waals surface area contributed by atoms with E-state index in [1.54, 1.807) is 17.4 Å². The average molecular weight is 314 g/mol. The molecule has 17 heavy (non-hydrogen) atoms. The molecule has 2 rings (SSSR count). The molecule has 0 spiro atoms. The zero-order chi connectivity index (χ0) is 12.3. The van der Waals surface area contributed by atoms with E-state index in [0.717, 1.165) is 24.2 Å². The van der Waals surface area contributed by atoms with Crippen molar-refractivity contribution >= 4 is 33.0 Å². The first-order valence-electron chi connectivity index (χ1n) is 5.38. The molecular formula is C13H13BrFNS. The van der Waals surface area contributed by atoms with Crippen LogP contribution in [-0.2, 0) is 6.42 Å². The lowest BCUT2D eigenvalue weighted by Crippen LogP contribution is -2.05. The van der Waals surface area contributed by atoms with Crippen LogP contribution in [0.1, 0.15) is 10.4 Å². The highest BCUT2D eigenvalue weighted by atomic mass is 79.9. The fraction of sp³-hybridized carbons (Fsp3) is 0.231. The number of rotatable bonds is 4. The lowest BCUT2D eigenvalue weighted by molar-refractivity contribution is 0.620. The van der Waals surface area contributed by atoms with Crippen LogP contribution in [0.2, 0.25) is 0 Å². The molecule has 0 atom stereocenters. The number of aryl methyl sites for hydroxylation is 1. The highest BCUT2D eigenvalue weighted by molar-refractivity contribution is 9.10. The maximum absolute atomic E-state index is 13.2. The SMILES string of the molecule is Cc1cc(F)c(Br)cc1NCCc1cccs1. The lowest BCUT2D eigenvalue weighted by atomic mass is 10.2. The second-order valence-electron chi connectivity index (χ2n) is 3.84. The molecule has 1 nitrogen and oxygen atoms in total. The van der Waals surface area contributed by atoms with Crippen LogP contribution >= 0.6 is 27.3 Å². The van der Waals surface area contributed by atoms with Crippen molar-refractivity contribution in [2.45, 2.75) is 13.3 Å². The summed E-state index contributed by atoms with van der Waals surface area (Å²) in [5.41, 5.74) is 1.91. The number of benzene rings is 1. The van der Waals surface area contributed by atoms with Gasteiger partial charge in [0.2, 0.25) is 0 Å². The molecule has 0 amide bonds. The van der Waals surface area contributed by atoms with Gasteiger partial charge >= 0.3 is 0 Å². The van der Waals surface area contributed by atoms with Crippen LogP contribution in [0.5, 0.6) is 0 Å². The second-order valence-corrected chi connectivity index (χ2v) is 5.72. The molecule has 0 saturated carbocycles. The molecule has 0 aliphatic heterocycles. The maximum atomic E-state index is 13.2. The molecule has 1 heterocycles. The van der Waals surface area contributed by atoms with Crippen LogP contribution < -0.4 is 5.32 Å². The number of nitrogens with one attached hydrogen (secondary N) is 1. The van der Waals surface area contributed by atoms with Crippen molar-refractivity contribution in [3.05, 3.63) is 50.4 Å². The first kappa shape index (κ1) is 12.6. The predicted octanol–water partition coefficient (Wildman–Crippen LogP) is 4.61. The van der Waals surface area contributed by atoms with Crippen molar-refractivity contribution in [2.24, 2.45) is 0 Å². The normalized spacial score (nSPS) is 10.5. The lowest BCUT2D eigenvalue weighted by Gasteiger charge is -2.10. The van der Waals surface area contributed by atoms with Gasteiger partial charge in [0.15, 0.2) is 0 Å². The molecule has 90 valence electrons. The minimum atomic E-state index is -0.216. The Labute approximate surface area is 113 Å². The van der Waals surface area contributed by atoms with Gasteiger partial charge in [-0.15, -0.1) is 11.3 Å². The van der Waals surface area contributed by atoms with E-state index >= 15 is 0 Å². The molecule has 0 radical (unpaired) electrons. The van der Waals surface area contributed by atoms with Crippen LogP contribution in [0, 0.1) is 12.7 Å². The van der Waals surface area contributed by atoms with Gasteiger partial charge in [-0.3, -0.25) is 0 Å². The summed E-state index contributed by atoms with van der Waals surface area (Å²) in [6, 6.07) is 7.51. The molecule has 2 aromatic rings. The smallest absolute Gasteiger partial charge is 0.137 e. The Balaban J connectivity index is 1.97. The summed E-state index contributed by atoms with van der Waals surface area (Å²) < 4.78 is 13.7. The Morgan fingerprint density at radius 3 is 2.94 bits per heavy atom. The minimum Gasteiger partial charge on any atom is -0.384 e. The van der Waals surface area contributed by atoms with E-state index in [0.29, 0.717) is 4.47 Å². The van der Waals surface area contributed by atoms with Crippen molar-refractivity contribution in [1.29, 1.82) is 0 Å². The number of halogens is 2. The standard InChI is InChI=1S/C13H13BrFNS/c1-9-7-12(15)11(14)8-13(9)16-5-4-10-3-2-6-17-10/h2-3,6-8,16H,4-5H2,1H3. The number of hydrogen-bond acceptors (Lipinski definition) is 2. The molecule has 0 bridgehead atoms. The monoisotopic (exact) mass is 313 g/mol. The van der Waals surface area contributed by atoms with Crippen LogP contribution in [0.4, 0.5) is 10.1 Å². The summed E-state index contributed by atoms with van der Waals surface area (Å²) in [4.78, 5) is 1.36. The quantitative estimate of drug-likeness (QED) is 0.869. The van der Waals surface area contributed by atoms with Crippen molar-refractivity contribution in [3.8, 4) is 0 Å². The van der Waals surface area contributed by atoms with Gasteiger partial charge in [0.05, 0.1) is 4.47 Å².